The standard InChI is InChI=1S/C16H17N3O4S2/c1-10-9-14(24-15(10)16(20)21)25(22,23)17-8-7-12-11-5-3-4-6-13(11)19(2)18-12/h3-6,9,17H,7-8H2,1-2H3,(H,20,21). The Labute approximate surface area is 149 Å². The highest BCUT2D eigenvalue weighted by Crippen LogP contribution is 2.26. The molecule has 0 saturated carbocycles. The van der Waals surface area contributed by atoms with Crippen molar-refractivity contribution in [2.75, 3.05) is 6.54 Å². The second kappa shape index (κ2) is 6.58. The molecule has 0 atom stereocenters. The van der Waals surface area contributed by atoms with Gasteiger partial charge in [0, 0.05) is 25.4 Å². The zero-order valence-electron chi connectivity index (χ0n) is 13.7. The van der Waals surface area contributed by atoms with Crippen LogP contribution in [0.25, 0.3) is 10.9 Å². The number of thiophene rings is 1. The number of para-hydroxylation sites is 1. The molecule has 0 bridgehead atoms. The van der Waals surface area contributed by atoms with E-state index in [9.17, 15) is 13.2 Å². The van der Waals surface area contributed by atoms with Crippen molar-refractivity contribution in [1.82, 2.24) is 14.5 Å². The summed E-state index contributed by atoms with van der Waals surface area (Å²) in [6.45, 7) is 1.77. The van der Waals surface area contributed by atoms with Crippen LogP contribution in [0.4, 0.5) is 0 Å². The van der Waals surface area contributed by atoms with Gasteiger partial charge in [-0.05, 0) is 24.6 Å². The minimum absolute atomic E-state index is 0.00767. The second-order valence-corrected chi connectivity index (χ2v) is 8.66. The SMILES string of the molecule is Cc1cc(S(=O)(=O)NCCc2nn(C)c3ccccc23)sc1C(=O)O. The van der Waals surface area contributed by atoms with Crippen LogP contribution in [0.1, 0.15) is 20.9 Å². The summed E-state index contributed by atoms with van der Waals surface area (Å²) in [5.41, 5.74) is 2.24. The molecule has 0 unspecified atom stereocenters. The van der Waals surface area contributed by atoms with Crippen LogP contribution < -0.4 is 4.72 Å². The molecule has 3 aromatic rings. The lowest BCUT2D eigenvalue weighted by molar-refractivity contribution is 0.0701. The number of aryl methyl sites for hydroxylation is 2. The van der Waals surface area contributed by atoms with Crippen LogP contribution in [-0.2, 0) is 23.5 Å². The highest BCUT2D eigenvalue weighted by molar-refractivity contribution is 7.91. The Morgan fingerprint density at radius 2 is 2.08 bits per heavy atom. The molecule has 0 aliphatic rings. The van der Waals surface area contributed by atoms with Gasteiger partial charge in [-0.3, -0.25) is 4.68 Å². The van der Waals surface area contributed by atoms with E-state index in [4.69, 9.17) is 5.11 Å². The Bertz CT molecular complexity index is 1050. The molecule has 25 heavy (non-hydrogen) atoms. The lowest BCUT2D eigenvalue weighted by Crippen LogP contribution is -2.25. The van der Waals surface area contributed by atoms with Crippen LogP contribution in [0.3, 0.4) is 0 Å². The third kappa shape index (κ3) is 3.44. The van der Waals surface area contributed by atoms with Gasteiger partial charge in [0.05, 0.1) is 11.2 Å². The number of carbonyl (C=O) groups is 1. The van der Waals surface area contributed by atoms with Gasteiger partial charge >= 0.3 is 5.97 Å². The number of hydrogen-bond donors (Lipinski definition) is 2. The van der Waals surface area contributed by atoms with Crippen molar-refractivity contribution in [3.63, 3.8) is 0 Å². The number of aromatic nitrogens is 2. The van der Waals surface area contributed by atoms with Crippen molar-refractivity contribution in [1.29, 1.82) is 0 Å². The van der Waals surface area contributed by atoms with E-state index in [1.807, 2.05) is 31.3 Å². The summed E-state index contributed by atoms with van der Waals surface area (Å²) in [5, 5.41) is 14.5. The molecule has 0 saturated heterocycles. The normalized spacial score (nSPS) is 11.9. The van der Waals surface area contributed by atoms with E-state index < -0.39 is 16.0 Å². The fourth-order valence-corrected chi connectivity index (χ4v) is 5.10. The summed E-state index contributed by atoms with van der Waals surface area (Å²) in [7, 11) is -1.90. The Kier molecular flexibility index (Phi) is 4.63. The zero-order valence-corrected chi connectivity index (χ0v) is 15.3. The van der Waals surface area contributed by atoms with Crippen LogP contribution in [0.15, 0.2) is 34.5 Å². The van der Waals surface area contributed by atoms with Gasteiger partial charge in [-0.15, -0.1) is 11.3 Å². The van der Waals surface area contributed by atoms with Crippen molar-refractivity contribution >= 4 is 38.2 Å². The number of rotatable bonds is 6. The van der Waals surface area contributed by atoms with Gasteiger partial charge in [0.25, 0.3) is 0 Å². The number of aromatic carboxylic acids is 1. The third-order valence-corrected chi connectivity index (χ3v) is 7.00. The molecule has 0 aliphatic heterocycles. The van der Waals surface area contributed by atoms with Crippen LogP contribution >= 0.6 is 11.3 Å². The number of hydrogen-bond acceptors (Lipinski definition) is 5. The topological polar surface area (TPSA) is 101 Å². The Balaban J connectivity index is 1.74. The van der Waals surface area contributed by atoms with Gasteiger partial charge in [-0.25, -0.2) is 17.9 Å². The average molecular weight is 379 g/mol. The minimum atomic E-state index is -3.74. The van der Waals surface area contributed by atoms with Crippen LogP contribution in [-0.4, -0.2) is 35.8 Å². The van der Waals surface area contributed by atoms with Gasteiger partial charge in [-0.2, -0.15) is 5.10 Å². The third-order valence-electron chi connectivity index (χ3n) is 3.84. The van der Waals surface area contributed by atoms with E-state index in [0.29, 0.717) is 12.0 Å². The minimum Gasteiger partial charge on any atom is -0.477 e. The lowest BCUT2D eigenvalue weighted by Gasteiger charge is -2.03. The van der Waals surface area contributed by atoms with E-state index in [0.717, 1.165) is 27.9 Å². The fraction of sp³-hybridized carbons (Fsp3) is 0.250. The first-order valence-corrected chi connectivity index (χ1v) is 9.83. The summed E-state index contributed by atoms with van der Waals surface area (Å²) in [6, 6.07) is 9.13. The summed E-state index contributed by atoms with van der Waals surface area (Å²) < 4.78 is 29.0. The number of sulfonamides is 1. The molecule has 0 amide bonds. The van der Waals surface area contributed by atoms with Gasteiger partial charge < -0.3 is 5.11 Å². The van der Waals surface area contributed by atoms with E-state index in [2.05, 4.69) is 9.82 Å². The number of benzene rings is 1. The summed E-state index contributed by atoms with van der Waals surface area (Å²) in [6.07, 6.45) is 0.441. The number of carboxylic acids is 1. The number of nitrogens with zero attached hydrogens (tertiary/aromatic N) is 2. The van der Waals surface area contributed by atoms with Crippen molar-refractivity contribution in [3.8, 4) is 0 Å². The van der Waals surface area contributed by atoms with Crippen molar-refractivity contribution in [2.24, 2.45) is 7.05 Å². The van der Waals surface area contributed by atoms with Crippen molar-refractivity contribution in [2.45, 2.75) is 17.6 Å². The smallest absolute Gasteiger partial charge is 0.346 e. The Morgan fingerprint density at radius 3 is 2.76 bits per heavy atom. The van der Waals surface area contributed by atoms with Gasteiger partial charge in [-0.1, -0.05) is 18.2 Å². The molecule has 9 heteroatoms. The predicted molar refractivity (Wildman–Crippen MR) is 95.6 cm³/mol. The van der Waals surface area contributed by atoms with Crippen LogP contribution in [0, 0.1) is 6.92 Å². The van der Waals surface area contributed by atoms with Gasteiger partial charge in [0.15, 0.2) is 0 Å². The van der Waals surface area contributed by atoms with Gasteiger partial charge in [0.2, 0.25) is 10.0 Å². The highest BCUT2D eigenvalue weighted by Gasteiger charge is 2.21. The molecule has 0 aliphatic carbocycles. The fourth-order valence-electron chi connectivity index (χ4n) is 2.65. The molecule has 2 heterocycles. The maximum absolute atomic E-state index is 12.4. The molecule has 3 rings (SSSR count). The first kappa shape index (κ1) is 17.6. The Morgan fingerprint density at radius 1 is 1.36 bits per heavy atom. The number of nitrogens with one attached hydrogen (secondary N) is 1. The number of carboxylic acid groups (broad SMARTS) is 1. The first-order valence-electron chi connectivity index (χ1n) is 7.53. The highest BCUT2D eigenvalue weighted by atomic mass is 32.2. The summed E-state index contributed by atoms with van der Waals surface area (Å²) in [5.74, 6) is -1.12. The lowest BCUT2D eigenvalue weighted by atomic mass is 10.2. The largest absolute Gasteiger partial charge is 0.477 e. The molecule has 7 nitrogen and oxygen atoms in total. The molecule has 2 aromatic heterocycles. The van der Waals surface area contributed by atoms with E-state index >= 15 is 0 Å². The Hall–Kier alpha value is -2.23. The van der Waals surface area contributed by atoms with Crippen LogP contribution in [0.2, 0.25) is 0 Å². The first-order chi connectivity index (χ1) is 11.8. The van der Waals surface area contributed by atoms with Crippen molar-refractivity contribution in [3.05, 3.63) is 46.5 Å². The summed E-state index contributed by atoms with van der Waals surface area (Å²) >= 11 is 0.758. The second-order valence-electron chi connectivity index (χ2n) is 5.62. The molecular weight excluding hydrogens is 362 g/mol. The van der Waals surface area contributed by atoms with Crippen LogP contribution in [0.5, 0.6) is 0 Å². The van der Waals surface area contributed by atoms with Gasteiger partial charge in [0.1, 0.15) is 9.09 Å². The quantitative estimate of drug-likeness (QED) is 0.683. The maximum atomic E-state index is 12.4. The summed E-state index contributed by atoms with van der Waals surface area (Å²) in [4.78, 5) is 11.1. The van der Waals surface area contributed by atoms with E-state index in [1.54, 1.807) is 11.6 Å². The predicted octanol–water partition coefficient (Wildman–Crippen LogP) is 2.16. The zero-order chi connectivity index (χ0) is 18.2. The molecule has 0 fully saturated rings. The molecular formula is C16H17N3O4S2. The molecule has 0 radical (unpaired) electrons. The maximum Gasteiger partial charge on any atom is 0.346 e. The molecule has 2 N–H and O–H groups in total. The molecule has 132 valence electrons. The van der Waals surface area contributed by atoms with Crippen molar-refractivity contribution < 1.29 is 18.3 Å². The number of fused-ring (bicyclic) bond motifs is 1. The van der Waals surface area contributed by atoms with E-state index in [-0.39, 0.29) is 15.6 Å². The average Bonchev–Trinajstić information content (AvgIpc) is 3.10. The molecule has 0 spiro atoms. The monoisotopic (exact) mass is 379 g/mol. The molecule has 1 aromatic carbocycles. The van der Waals surface area contributed by atoms with E-state index in [1.165, 1.54) is 6.07 Å².